The van der Waals surface area contributed by atoms with Crippen LogP contribution in [0.1, 0.15) is 21.5 Å². The summed E-state index contributed by atoms with van der Waals surface area (Å²) >= 11 is 0. The lowest BCUT2D eigenvalue weighted by Crippen LogP contribution is -1.94. The van der Waals surface area contributed by atoms with Crippen LogP contribution in [0.2, 0.25) is 0 Å². The lowest BCUT2D eigenvalue weighted by atomic mass is 10.0. The fourth-order valence-corrected chi connectivity index (χ4v) is 2.12. The van der Waals surface area contributed by atoms with Gasteiger partial charge in [-0.3, -0.25) is 0 Å². The van der Waals surface area contributed by atoms with E-state index in [-0.39, 0.29) is 0 Å². The summed E-state index contributed by atoms with van der Waals surface area (Å²) in [5.74, 6) is -0.911. The van der Waals surface area contributed by atoms with E-state index in [4.69, 9.17) is 5.11 Å². The van der Waals surface area contributed by atoms with Gasteiger partial charge in [0.25, 0.3) is 0 Å². The zero-order valence-corrected chi connectivity index (χ0v) is 9.55. The molecule has 1 heterocycles. The number of nitrogens with one attached hydrogen (secondary N) is 1. The molecule has 0 aliphatic heterocycles. The van der Waals surface area contributed by atoms with Gasteiger partial charge in [-0.15, -0.1) is 0 Å². The third kappa shape index (κ3) is 1.66. The predicted molar refractivity (Wildman–Crippen MR) is 72.5 cm³/mol. The van der Waals surface area contributed by atoms with Gasteiger partial charge in [0.2, 0.25) is 0 Å². The molecular weight excluding hydrogens is 226 g/mol. The topological polar surface area (TPSA) is 53.1 Å². The second-order valence-corrected chi connectivity index (χ2v) is 4.14. The van der Waals surface area contributed by atoms with Gasteiger partial charge in [-0.2, -0.15) is 0 Å². The van der Waals surface area contributed by atoms with Crippen molar-refractivity contribution >= 4 is 29.0 Å². The van der Waals surface area contributed by atoms with E-state index in [0.29, 0.717) is 5.56 Å². The molecule has 0 unspecified atom stereocenters. The lowest BCUT2D eigenvalue weighted by Gasteiger charge is -2.04. The Morgan fingerprint density at radius 1 is 1.00 bits per heavy atom. The van der Waals surface area contributed by atoms with Crippen LogP contribution in [0.25, 0.3) is 23.1 Å². The molecule has 0 fully saturated rings. The summed E-state index contributed by atoms with van der Waals surface area (Å²) in [6.45, 7) is 0. The number of fused-ring (bicyclic) bond motifs is 2. The molecule has 0 atom stereocenters. The molecule has 3 rings (SSSR count). The molecule has 3 nitrogen and oxygen atoms in total. The van der Waals surface area contributed by atoms with Gasteiger partial charge in [-0.05, 0) is 23.3 Å². The predicted octanol–water partition coefficient (Wildman–Crippen LogP) is 3.46. The smallest absolute Gasteiger partial charge is 0.337 e. The third-order valence-electron chi connectivity index (χ3n) is 3.00. The van der Waals surface area contributed by atoms with Crippen LogP contribution in [0.5, 0.6) is 0 Å². The Kier molecular flexibility index (Phi) is 2.38. The van der Waals surface area contributed by atoms with Crippen LogP contribution >= 0.6 is 0 Å². The molecule has 18 heavy (non-hydrogen) atoms. The zero-order chi connectivity index (χ0) is 12.5. The zero-order valence-electron chi connectivity index (χ0n) is 9.55. The first-order valence-electron chi connectivity index (χ1n) is 5.65. The number of rotatable bonds is 1. The number of carboxylic acids is 1. The molecule has 1 aromatic carbocycles. The van der Waals surface area contributed by atoms with Crippen LogP contribution in [-0.4, -0.2) is 16.1 Å². The Hall–Kier alpha value is -2.55. The van der Waals surface area contributed by atoms with Crippen molar-refractivity contribution in [2.45, 2.75) is 0 Å². The standard InChI is InChI=1S/C15H11NO2/c17-15(18)13-9-16-14-8-11-6-4-2-1-3-5-10(11)7-12(13)14/h1-9,16H,(H,17,18). The summed E-state index contributed by atoms with van der Waals surface area (Å²) < 4.78 is 0. The SMILES string of the molecule is O=C(O)c1c[nH]c2cc3c(cc12)C=CC=CC=C3. The van der Waals surface area contributed by atoms with E-state index >= 15 is 0 Å². The fourth-order valence-electron chi connectivity index (χ4n) is 2.12. The van der Waals surface area contributed by atoms with Crippen LogP contribution in [0.4, 0.5) is 0 Å². The minimum absolute atomic E-state index is 0.308. The maximum atomic E-state index is 11.1. The molecule has 1 aliphatic rings. The maximum absolute atomic E-state index is 11.1. The van der Waals surface area contributed by atoms with Crippen molar-refractivity contribution in [2.75, 3.05) is 0 Å². The molecule has 2 N–H and O–H groups in total. The van der Waals surface area contributed by atoms with Crippen molar-refractivity contribution in [3.8, 4) is 0 Å². The normalized spacial score (nSPS) is 13.3. The molecule has 0 saturated heterocycles. The second kappa shape index (κ2) is 4.04. The fraction of sp³-hybridized carbons (Fsp3) is 0. The molecule has 2 aromatic rings. The number of allylic oxidation sites excluding steroid dienone is 4. The molecule has 0 bridgehead atoms. The van der Waals surface area contributed by atoms with Crippen molar-refractivity contribution in [1.29, 1.82) is 0 Å². The van der Waals surface area contributed by atoms with Crippen LogP contribution in [0.3, 0.4) is 0 Å². The van der Waals surface area contributed by atoms with Gasteiger partial charge in [0.1, 0.15) is 0 Å². The minimum atomic E-state index is -0.911. The number of H-pyrrole nitrogens is 1. The molecule has 1 aliphatic carbocycles. The van der Waals surface area contributed by atoms with Crippen molar-refractivity contribution in [1.82, 2.24) is 4.98 Å². The van der Waals surface area contributed by atoms with E-state index in [1.54, 1.807) is 0 Å². The molecular formula is C15H11NO2. The monoisotopic (exact) mass is 237 g/mol. The highest BCUT2D eigenvalue weighted by atomic mass is 16.4. The molecule has 1 aromatic heterocycles. The Morgan fingerprint density at radius 3 is 2.33 bits per heavy atom. The highest BCUT2D eigenvalue weighted by molar-refractivity contribution is 6.04. The van der Waals surface area contributed by atoms with E-state index in [1.165, 1.54) is 6.20 Å². The van der Waals surface area contributed by atoms with Gasteiger partial charge in [-0.25, -0.2) is 4.79 Å². The average molecular weight is 237 g/mol. The first kappa shape index (κ1) is 10.6. The first-order valence-corrected chi connectivity index (χ1v) is 5.65. The summed E-state index contributed by atoms with van der Waals surface area (Å²) in [5, 5.41) is 9.85. The van der Waals surface area contributed by atoms with E-state index in [9.17, 15) is 4.79 Å². The Morgan fingerprint density at radius 2 is 1.67 bits per heavy atom. The van der Waals surface area contributed by atoms with Crippen molar-refractivity contribution in [3.05, 3.63) is 59.3 Å². The number of carbonyl (C=O) groups is 1. The number of aromatic nitrogens is 1. The Balaban J connectivity index is 2.29. The van der Waals surface area contributed by atoms with E-state index < -0.39 is 5.97 Å². The van der Waals surface area contributed by atoms with Crippen molar-refractivity contribution < 1.29 is 9.90 Å². The summed E-state index contributed by atoms with van der Waals surface area (Å²) in [4.78, 5) is 14.1. The molecule has 3 heteroatoms. The van der Waals surface area contributed by atoms with Crippen molar-refractivity contribution in [2.24, 2.45) is 0 Å². The lowest BCUT2D eigenvalue weighted by molar-refractivity contribution is 0.0699. The third-order valence-corrected chi connectivity index (χ3v) is 3.00. The molecule has 0 saturated carbocycles. The first-order chi connectivity index (χ1) is 8.75. The van der Waals surface area contributed by atoms with Crippen molar-refractivity contribution in [3.63, 3.8) is 0 Å². The quantitative estimate of drug-likeness (QED) is 0.798. The second-order valence-electron chi connectivity index (χ2n) is 4.14. The largest absolute Gasteiger partial charge is 0.478 e. The van der Waals surface area contributed by atoms with Gasteiger partial charge in [0.05, 0.1) is 5.56 Å². The van der Waals surface area contributed by atoms with Gasteiger partial charge in [0, 0.05) is 17.1 Å². The minimum Gasteiger partial charge on any atom is -0.478 e. The van der Waals surface area contributed by atoms with Crippen LogP contribution < -0.4 is 0 Å². The van der Waals surface area contributed by atoms with E-state index in [2.05, 4.69) is 4.98 Å². The van der Waals surface area contributed by atoms with Gasteiger partial charge in [0.15, 0.2) is 0 Å². The number of hydrogen-bond acceptors (Lipinski definition) is 1. The van der Waals surface area contributed by atoms with Crippen LogP contribution in [0.15, 0.2) is 42.6 Å². The molecule has 88 valence electrons. The number of benzene rings is 1. The molecule has 0 amide bonds. The average Bonchev–Trinajstić information content (AvgIpc) is 2.71. The van der Waals surface area contributed by atoms with E-state index in [0.717, 1.165) is 22.0 Å². The maximum Gasteiger partial charge on any atom is 0.337 e. The van der Waals surface area contributed by atoms with Gasteiger partial charge >= 0.3 is 5.97 Å². The summed E-state index contributed by atoms with van der Waals surface area (Å²) in [7, 11) is 0. The highest BCUT2D eigenvalue weighted by Crippen LogP contribution is 2.25. The highest BCUT2D eigenvalue weighted by Gasteiger charge is 2.12. The number of carboxylic acid groups (broad SMARTS) is 1. The Labute approximate surface area is 104 Å². The van der Waals surface area contributed by atoms with Crippen LogP contribution in [-0.2, 0) is 0 Å². The summed E-state index contributed by atoms with van der Waals surface area (Å²) in [6, 6.07) is 3.88. The molecule has 0 radical (unpaired) electrons. The van der Waals surface area contributed by atoms with Gasteiger partial charge in [-0.1, -0.05) is 36.5 Å². The van der Waals surface area contributed by atoms with E-state index in [1.807, 2.05) is 48.6 Å². The number of aromatic carboxylic acids is 1. The summed E-state index contributed by atoms with van der Waals surface area (Å²) in [5.41, 5.74) is 3.24. The van der Waals surface area contributed by atoms with Crippen LogP contribution in [0, 0.1) is 0 Å². The molecule has 0 spiro atoms. The Bertz CT molecular complexity index is 717. The van der Waals surface area contributed by atoms with Gasteiger partial charge < -0.3 is 10.1 Å². The number of hydrogen-bond donors (Lipinski definition) is 2. The number of aromatic amines is 1. The summed E-state index contributed by atoms with van der Waals surface area (Å²) in [6.07, 6.45) is 13.3.